The summed E-state index contributed by atoms with van der Waals surface area (Å²) in [6.07, 6.45) is 4.64. The minimum atomic E-state index is -1.80. The van der Waals surface area contributed by atoms with Crippen LogP contribution in [0.3, 0.4) is 0 Å². The SMILES string of the molecule is [2H][C@@](Cl)(CC1CCCC1)C(=O)O. The highest BCUT2D eigenvalue weighted by atomic mass is 35.5. The number of hydrogen-bond donors (Lipinski definition) is 1. The smallest absolute Gasteiger partial charge is 0.321 e. The standard InChI is InChI=1S/C8H13ClO2/c9-7(8(10)11)5-6-3-1-2-4-6/h6-7H,1-5H2,(H,10,11)/t7-/m1/s1/i7D. The molecule has 0 saturated heterocycles. The number of rotatable bonds is 3. The first-order chi connectivity index (χ1) is 5.52. The lowest BCUT2D eigenvalue weighted by atomic mass is 10.0. The largest absolute Gasteiger partial charge is 0.480 e. The Kier molecular flexibility index (Phi) is 2.67. The number of aliphatic carboxylic acids is 1. The second kappa shape index (κ2) is 3.96. The van der Waals surface area contributed by atoms with E-state index in [0.717, 1.165) is 25.7 Å². The summed E-state index contributed by atoms with van der Waals surface area (Å²) in [7, 11) is 0. The maximum absolute atomic E-state index is 10.5. The van der Waals surface area contributed by atoms with Gasteiger partial charge in [-0.1, -0.05) is 25.7 Å². The predicted molar refractivity (Wildman–Crippen MR) is 43.9 cm³/mol. The van der Waals surface area contributed by atoms with Gasteiger partial charge in [-0.2, -0.15) is 0 Å². The Balaban J connectivity index is 2.42. The Morgan fingerprint density at radius 1 is 1.73 bits per heavy atom. The summed E-state index contributed by atoms with van der Waals surface area (Å²) in [4.78, 5) is 10.5. The molecule has 3 heteroatoms. The highest BCUT2D eigenvalue weighted by molar-refractivity contribution is 6.29. The topological polar surface area (TPSA) is 37.3 Å². The van der Waals surface area contributed by atoms with Crippen LogP contribution in [-0.2, 0) is 4.79 Å². The van der Waals surface area contributed by atoms with E-state index in [2.05, 4.69) is 0 Å². The highest BCUT2D eigenvalue weighted by Gasteiger charge is 2.22. The van der Waals surface area contributed by atoms with E-state index >= 15 is 0 Å². The van der Waals surface area contributed by atoms with E-state index in [1.165, 1.54) is 0 Å². The summed E-state index contributed by atoms with van der Waals surface area (Å²) in [5.74, 6) is -0.882. The van der Waals surface area contributed by atoms with Gasteiger partial charge in [-0.05, 0) is 12.3 Å². The van der Waals surface area contributed by atoms with Crippen LogP contribution in [0.4, 0.5) is 0 Å². The lowest BCUT2D eigenvalue weighted by Crippen LogP contribution is -2.16. The van der Waals surface area contributed by atoms with E-state index < -0.39 is 11.3 Å². The monoisotopic (exact) mass is 177 g/mol. The molecule has 0 bridgehead atoms. The molecule has 1 N–H and O–H groups in total. The normalized spacial score (nSPS) is 26.1. The maximum atomic E-state index is 10.5. The number of halogens is 1. The van der Waals surface area contributed by atoms with Gasteiger partial charge < -0.3 is 5.11 Å². The summed E-state index contributed by atoms with van der Waals surface area (Å²) in [5.41, 5.74) is 0. The number of carboxylic acid groups (broad SMARTS) is 1. The third kappa shape index (κ3) is 2.70. The first-order valence-corrected chi connectivity index (χ1v) is 4.32. The molecule has 0 radical (unpaired) electrons. The van der Waals surface area contributed by atoms with Gasteiger partial charge in [0, 0.05) is 0 Å². The maximum Gasteiger partial charge on any atom is 0.321 e. The predicted octanol–water partition coefficient (Wildman–Crippen LogP) is 2.26. The van der Waals surface area contributed by atoms with Crippen LogP contribution in [0.2, 0.25) is 0 Å². The van der Waals surface area contributed by atoms with Gasteiger partial charge in [0.05, 0.1) is 1.37 Å². The van der Waals surface area contributed by atoms with Crippen LogP contribution in [0.5, 0.6) is 0 Å². The number of carboxylic acids is 1. The van der Waals surface area contributed by atoms with Crippen molar-refractivity contribution in [2.45, 2.75) is 37.5 Å². The van der Waals surface area contributed by atoms with Crippen LogP contribution in [0.15, 0.2) is 0 Å². The molecule has 0 aromatic carbocycles. The van der Waals surface area contributed by atoms with Crippen LogP contribution in [0.1, 0.15) is 33.5 Å². The Morgan fingerprint density at radius 2 is 2.27 bits per heavy atom. The molecular formula is C8H13ClO2. The van der Waals surface area contributed by atoms with Gasteiger partial charge in [-0.15, -0.1) is 11.6 Å². The molecule has 1 fully saturated rings. The molecule has 0 unspecified atom stereocenters. The van der Waals surface area contributed by atoms with Crippen molar-refractivity contribution in [2.24, 2.45) is 5.92 Å². The van der Waals surface area contributed by atoms with E-state index in [1.54, 1.807) is 0 Å². The van der Waals surface area contributed by atoms with Crippen LogP contribution in [0, 0.1) is 5.92 Å². The number of hydrogen-bond acceptors (Lipinski definition) is 1. The van der Waals surface area contributed by atoms with E-state index in [4.69, 9.17) is 18.1 Å². The molecule has 1 rings (SSSR count). The first kappa shape index (κ1) is 7.41. The van der Waals surface area contributed by atoms with Gasteiger partial charge in [-0.3, -0.25) is 4.79 Å². The number of alkyl halides is 1. The fraction of sp³-hybridized carbons (Fsp3) is 0.875. The van der Waals surface area contributed by atoms with Crippen LogP contribution in [-0.4, -0.2) is 16.4 Å². The van der Waals surface area contributed by atoms with Crippen LogP contribution >= 0.6 is 11.6 Å². The quantitative estimate of drug-likeness (QED) is 0.672. The zero-order chi connectivity index (χ0) is 9.19. The molecule has 1 saturated carbocycles. The second-order valence-corrected chi connectivity index (χ2v) is 3.52. The van der Waals surface area contributed by atoms with Gasteiger partial charge in [0.25, 0.3) is 0 Å². The average molecular weight is 178 g/mol. The van der Waals surface area contributed by atoms with Crippen molar-refractivity contribution in [1.29, 1.82) is 0 Å². The fourth-order valence-electron chi connectivity index (χ4n) is 1.56. The van der Waals surface area contributed by atoms with Crippen LogP contribution < -0.4 is 0 Å². The van der Waals surface area contributed by atoms with Crippen molar-refractivity contribution in [3.05, 3.63) is 0 Å². The molecule has 0 aromatic heterocycles. The van der Waals surface area contributed by atoms with Crippen molar-refractivity contribution >= 4 is 17.6 Å². The number of carbonyl (C=O) groups is 1. The summed E-state index contributed by atoms with van der Waals surface area (Å²) >= 11 is 5.52. The minimum absolute atomic E-state index is 0.282. The second-order valence-electron chi connectivity index (χ2n) is 3.06. The molecule has 1 aliphatic carbocycles. The molecule has 64 valence electrons. The van der Waals surface area contributed by atoms with Gasteiger partial charge in [0.2, 0.25) is 0 Å². The van der Waals surface area contributed by atoms with E-state index in [1.807, 2.05) is 0 Å². The summed E-state index contributed by atoms with van der Waals surface area (Å²) in [5, 5.41) is 6.79. The molecule has 1 aliphatic rings. The van der Waals surface area contributed by atoms with E-state index in [-0.39, 0.29) is 6.42 Å². The van der Waals surface area contributed by atoms with Gasteiger partial charge in [-0.25, -0.2) is 0 Å². The van der Waals surface area contributed by atoms with Crippen molar-refractivity contribution in [2.75, 3.05) is 0 Å². The molecule has 0 aliphatic heterocycles. The zero-order valence-corrected chi connectivity index (χ0v) is 7.10. The fourth-order valence-corrected chi connectivity index (χ4v) is 1.77. The molecule has 0 spiro atoms. The molecular weight excluding hydrogens is 164 g/mol. The molecule has 2 nitrogen and oxygen atoms in total. The third-order valence-electron chi connectivity index (χ3n) is 2.17. The lowest BCUT2D eigenvalue weighted by Gasteiger charge is -2.09. The highest BCUT2D eigenvalue weighted by Crippen LogP contribution is 2.29. The lowest BCUT2D eigenvalue weighted by molar-refractivity contribution is -0.136. The van der Waals surface area contributed by atoms with Gasteiger partial charge >= 0.3 is 5.97 Å². The summed E-state index contributed by atoms with van der Waals surface area (Å²) < 4.78 is 7.31. The van der Waals surface area contributed by atoms with Crippen LogP contribution in [0.25, 0.3) is 0 Å². The first-order valence-electron chi connectivity index (χ1n) is 4.45. The molecule has 11 heavy (non-hydrogen) atoms. The summed E-state index contributed by atoms with van der Waals surface area (Å²) in [6.45, 7) is 0. The van der Waals surface area contributed by atoms with E-state index in [0.29, 0.717) is 5.92 Å². The Morgan fingerprint density at radius 3 is 2.73 bits per heavy atom. The minimum Gasteiger partial charge on any atom is -0.480 e. The Labute approximate surface area is 73.0 Å². The van der Waals surface area contributed by atoms with Gasteiger partial charge in [0.1, 0.15) is 5.35 Å². The Hall–Kier alpha value is -0.240. The van der Waals surface area contributed by atoms with Crippen molar-refractivity contribution in [1.82, 2.24) is 0 Å². The van der Waals surface area contributed by atoms with Gasteiger partial charge in [0.15, 0.2) is 0 Å². The van der Waals surface area contributed by atoms with Crippen molar-refractivity contribution < 1.29 is 11.3 Å². The average Bonchev–Trinajstić information content (AvgIpc) is 2.38. The Bertz CT molecular complexity index is 176. The third-order valence-corrected chi connectivity index (χ3v) is 2.49. The molecule has 0 amide bonds. The van der Waals surface area contributed by atoms with Crippen molar-refractivity contribution in [3.63, 3.8) is 0 Å². The zero-order valence-electron chi connectivity index (χ0n) is 7.35. The molecule has 1 atom stereocenters. The summed E-state index contributed by atoms with van der Waals surface area (Å²) in [6, 6.07) is 0. The molecule has 0 aromatic rings. The van der Waals surface area contributed by atoms with E-state index in [9.17, 15) is 4.79 Å². The van der Waals surface area contributed by atoms with Crippen molar-refractivity contribution in [3.8, 4) is 0 Å². The molecule has 0 heterocycles.